The van der Waals surface area contributed by atoms with Gasteiger partial charge in [-0.3, -0.25) is 0 Å². The first-order valence-electron chi connectivity index (χ1n) is 7.22. The number of halogens is 1. The number of fused-ring (bicyclic) bond motifs is 1. The molecule has 0 spiro atoms. The maximum atomic E-state index is 12.2. The Hall–Kier alpha value is -2.06. The Morgan fingerprint density at radius 1 is 1.21 bits per heavy atom. The SMILES string of the molecule is CCc1ccc(S(=O)(=O)N/N=C\c2cc3c(cc2Br)OCO3)cc1. The quantitative estimate of drug-likeness (QED) is 0.606. The molecule has 1 aliphatic heterocycles. The number of nitrogens with zero attached hydrogens (tertiary/aromatic N) is 1. The van der Waals surface area contributed by atoms with Crippen LogP contribution in [0.3, 0.4) is 0 Å². The van der Waals surface area contributed by atoms with E-state index in [1.807, 2.05) is 6.92 Å². The van der Waals surface area contributed by atoms with Gasteiger partial charge in [-0.1, -0.05) is 19.1 Å². The smallest absolute Gasteiger partial charge is 0.276 e. The minimum absolute atomic E-state index is 0.168. The van der Waals surface area contributed by atoms with Gasteiger partial charge >= 0.3 is 0 Å². The topological polar surface area (TPSA) is 77.0 Å². The molecule has 2 aromatic rings. The third kappa shape index (κ3) is 3.54. The summed E-state index contributed by atoms with van der Waals surface area (Å²) in [5.74, 6) is 1.23. The van der Waals surface area contributed by atoms with Gasteiger partial charge in [-0.25, -0.2) is 4.83 Å². The predicted octanol–water partition coefficient (Wildman–Crippen LogP) is 3.05. The largest absolute Gasteiger partial charge is 0.454 e. The average molecular weight is 411 g/mol. The van der Waals surface area contributed by atoms with Crippen molar-refractivity contribution in [3.8, 4) is 11.5 Å². The maximum Gasteiger partial charge on any atom is 0.276 e. The van der Waals surface area contributed by atoms with Crippen LogP contribution in [0.25, 0.3) is 0 Å². The highest BCUT2D eigenvalue weighted by molar-refractivity contribution is 9.10. The normalized spacial score (nSPS) is 13.4. The van der Waals surface area contributed by atoms with E-state index in [4.69, 9.17) is 9.47 Å². The van der Waals surface area contributed by atoms with Crippen LogP contribution in [0.4, 0.5) is 0 Å². The summed E-state index contributed by atoms with van der Waals surface area (Å²) in [6.07, 6.45) is 2.26. The molecule has 0 amide bonds. The zero-order chi connectivity index (χ0) is 17.2. The lowest BCUT2D eigenvalue weighted by molar-refractivity contribution is 0.174. The summed E-state index contributed by atoms with van der Waals surface area (Å²) < 4.78 is 35.7. The molecule has 0 saturated carbocycles. The lowest BCUT2D eigenvalue weighted by Crippen LogP contribution is -2.18. The molecule has 1 heterocycles. The van der Waals surface area contributed by atoms with E-state index in [1.165, 1.54) is 6.21 Å². The summed E-state index contributed by atoms with van der Waals surface area (Å²) in [6, 6.07) is 10.2. The molecule has 0 aliphatic carbocycles. The molecule has 24 heavy (non-hydrogen) atoms. The molecular weight excluding hydrogens is 396 g/mol. The Balaban J connectivity index is 1.75. The van der Waals surface area contributed by atoms with Gasteiger partial charge in [-0.2, -0.15) is 13.5 Å². The second-order valence-corrected chi connectivity index (χ2v) is 7.59. The number of nitrogens with one attached hydrogen (secondary N) is 1. The molecule has 1 aliphatic rings. The third-order valence-corrected chi connectivity index (χ3v) is 5.44. The zero-order valence-corrected chi connectivity index (χ0v) is 15.2. The van der Waals surface area contributed by atoms with E-state index in [0.717, 1.165) is 16.5 Å². The second kappa shape index (κ2) is 6.82. The van der Waals surface area contributed by atoms with Crippen molar-refractivity contribution in [2.45, 2.75) is 18.2 Å². The van der Waals surface area contributed by atoms with Crippen molar-refractivity contribution >= 4 is 32.2 Å². The van der Waals surface area contributed by atoms with Crippen LogP contribution in [0, 0.1) is 0 Å². The average Bonchev–Trinajstić information content (AvgIpc) is 3.02. The Labute approximate surface area is 148 Å². The molecule has 6 nitrogen and oxygen atoms in total. The van der Waals surface area contributed by atoms with Crippen molar-refractivity contribution in [2.75, 3.05) is 6.79 Å². The first-order chi connectivity index (χ1) is 11.5. The standard InChI is InChI=1S/C16H15BrN2O4S/c1-2-11-3-5-13(6-4-11)24(20,21)19-18-9-12-7-15-16(8-14(12)17)23-10-22-15/h3-9,19H,2,10H2,1H3/b18-9-. The van der Waals surface area contributed by atoms with E-state index in [1.54, 1.807) is 36.4 Å². The number of hydrazone groups is 1. The fourth-order valence-electron chi connectivity index (χ4n) is 2.15. The molecule has 0 saturated heterocycles. The highest BCUT2D eigenvalue weighted by Crippen LogP contribution is 2.36. The van der Waals surface area contributed by atoms with Gasteiger partial charge < -0.3 is 9.47 Å². The number of rotatable bonds is 5. The van der Waals surface area contributed by atoms with E-state index in [9.17, 15) is 8.42 Å². The summed E-state index contributed by atoms with van der Waals surface area (Å²) in [6.45, 7) is 2.18. The number of aryl methyl sites for hydroxylation is 1. The van der Waals surface area contributed by atoms with Gasteiger partial charge in [0.1, 0.15) is 0 Å². The summed E-state index contributed by atoms with van der Waals surface area (Å²) >= 11 is 3.39. The van der Waals surface area contributed by atoms with Crippen LogP contribution in [-0.2, 0) is 16.4 Å². The summed E-state index contributed by atoms with van der Waals surface area (Å²) in [5, 5.41) is 3.83. The zero-order valence-electron chi connectivity index (χ0n) is 12.8. The van der Waals surface area contributed by atoms with Crippen molar-refractivity contribution in [3.05, 3.63) is 52.0 Å². The maximum absolute atomic E-state index is 12.2. The Kier molecular flexibility index (Phi) is 4.77. The summed E-state index contributed by atoms with van der Waals surface area (Å²) in [7, 11) is -3.70. The fourth-order valence-corrected chi connectivity index (χ4v) is 3.37. The van der Waals surface area contributed by atoms with Gasteiger partial charge in [0.15, 0.2) is 11.5 Å². The first-order valence-corrected chi connectivity index (χ1v) is 9.50. The van der Waals surface area contributed by atoms with E-state index in [-0.39, 0.29) is 11.7 Å². The lowest BCUT2D eigenvalue weighted by atomic mass is 10.2. The highest BCUT2D eigenvalue weighted by atomic mass is 79.9. The minimum Gasteiger partial charge on any atom is -0.454 e. The summed E-state index contributed by atoms with van der Waals surface area (Å²) in [5.41, 5.74) is 1.74. The molecule has 0 atom stereocenters. The number of sulfonamides is 1. The number of ether oxygens (including phenoxy) is 2. The molecule has 0 unspecified atom stereocenters. The van der Waals surface area contributed by atoms with Crippen LogP contribution < -0.4 is 14.3 Å². The molecule has 2 aromatic carbocycles. The Morgan fingerprint density at radius 3 is 2.54 bits per heavy atom. The van der Waals surface area contributed by atoms with Gasteiger partial charge in [-0.05, 0) is 52.2 Å². The predicted molar refractivity (Wildman–Crippen MR) is 94.0 cm³/mol. The van der Waals surface area contributed by atoms with Crippen molar-refractivity contribution in [1.82, 2.24) is 4.83 Å². The molecule has 3 rings (SSSR count). The monoisotopic (exact) mass is 410 g/mol. The molecule has 8 heteroatoms. The van der Waals surface area contributed by atoms with Crippen molar-refractivity contribution in [2.24, 2.45) is 5.10 Å². The van der Waals surface area contributed by atoms with E-state index >= 15 is 0 Å². The third-order valence-electron chi connectivity index (χ3n) is 3.51. The lowest BCUT2D eigenvalue weighted by Gasteiger charge is -2.05. The molecule has 126 valence electrons. The molecule has 0 radical (unpaired) electrons. The van der Waals surface area contributed by atoms with E-state index in [2.05, 4.69) is 25.9 Å². The summed E-state index contributed by atoms with van der Waals surface area (Å²) in [4.78, 5) is 2.37. The van der Waals surface area contributed by atoms with Gasteiger partial charge in [0.05, 0.1) is 11.1 Å². The Morgan fingerprint density at radius 2 is 1.88 bits per heavy atom. The molecular formula is C16H15BrN2O4S. The van der Waals surface area contributed by atoms with Gasteiger partial charge in [0.25, 0.3) is 10.0 Å². The van der Waals surface area contributed by atoms with Crippen LogP contribution >= 0.6 is 15.9 Å². The number of hydrogen-bond donors (Lipinski definition) is 1. The van der Waals surface area contributed by atoms with E-state index < -0.39 is 10.0 Å². The van der Waals surface area contributed by atoms with Crippen LogP contribution in [0.5, 0.6) is 11.5 Å². The van der Waals surface area contributed by atoms with E-state index in [0.29, 0.717) is 17.1 Å². The molecule has 0 bridgehead atoms. The fraction of sp³-hybridized carbons (Fsp3) is 0.188. The van der Waals surface area contributed by atoms with Crippen molar-refractivity contribution in [1.29, 1.82) is 0 Å². The van der Waals surface area contributed by atoms with Gasteiger partial charge in [0.2, 0.25) is 6.79 Å². The van der Waals surface area contributed by atoms with Crippen molar-refractivity contribution < 1.29 is 17.9 Å². The number of hydrogen-bond acceptors (Lipinski definition) is 5. The molecule has 1 N–H and O–H groups in total. The molecule has 0 fully saturated rings. The minimum atomic E-state index is -3.70. The van der Waals surface area contributed by atoms with Crippen LogP contribution in [0.15, 0.2) is 50.9 Å². The second-order valence-electron chi connectivity index (χ2n) is 5.08. The van der Waals surface area contributed by atoms with Crippen LogP contribution in [-0.4, -0.2) is 21.4 Å². The Bertz CT molecular complexity index is 880. The van der Waals surface area contributed by atoms with Crippen LogP contribution in [0.2, 0.25) is 0 Å². The highest BCUT2D eigenvalue weighted by Gasteiger charge is 2.16. The first kappa shape index (κ1) is 16.8. The van der Waals surface area contributed by atoms with Gasteiger partial charge in [-0.15, -0.1) is 0 Å². The number of benzene rings is 2. The van der Waals surface area contributed by atoms with Crippen molar-refractivity contribution in [3.63, 3.8) is 0 Å². The molecule has 0 aromatic heterocycles. The van der Waals surface area contributed by atoms with Gasteiger partial charge in [0, 0.05) is 10.0 Å². The van der Waals surface area contributed by atoms with Crippen LogP contribution in [0.1, 0.15) is 18.1 Å².